The summed E-state index contributed by atoms with van der Waals surface area (Å²) in [6, 6.07) is 14.8. The highest BCUT2D eigenvalue weighted by atomic mass is 31.1. The zero-order valence-corrected chi connectivity index (χ0v) is 14.4. The predicted molar refractivity (Wildman–Crippen MR) is 91.2 cm³/mol. The molecule has 0 aliphatic carbocycles. The van der Waals surface area contributed by atoms with Crippen molar-refractivity contribution < 1.29 is 18.8 Å². The summed E-state index contributed by atoms with van der Waals surface area (Å²) < 4.78 is 23.0. The number of hydrogen-bond donors (Lipinski definition) is 0. The Balaban J connectivity index is 2.22. The van der Waals surface area contributed by atoms with Gasteiger partial charge in [0.1, 0.15) is 11.5 Å². The summed E-state index contributed by atoms with van der Waals surface area (Å²) in [5.74, 6) is 0.791. The van der Waals surface area contributed by atoms with Crippen LogP contribution in [0.2, 0.25) is 0 Å². The van der Waals surface area contributed by atoms with Crippen LogP contribution in [0.4, 0.5) is 0 Å². The molecule has 0 amide bonds. The molecule has 0 bridgehead atoms. The Morgan fingerprint density at radius 1 is 1.00 bits per heavy atom. The maximum absolute atomic E-state index is 12.6. The van der Waals surface area contributed by atoms with E-state index in [1.807, 2.05) is 37.3 Å². The summed E-state index contributed by atoms with van der Waals surface area (Å²) in [7, 11) is 0.881. The van der Waals surface area contributed by atoms with Gasteiger partial charge in [-0.2, -0.15) is 0 Å². The molecular weight excluding hydrogens is 311 g/mol. The van der Waals surface area contributed by atoms with Crippen LogP contribution in [0, 0.1) is 0 Å². The molecule has 0 radical (unpaired) electrons. The summed E-state index contributed by atoms with van der Waals surface area (Å²) in [6.07, 6.45) is 0.291. The fourth-order valence-electron chi connectivity index (χ4n) is 2.41. The van der Waals surface area contributed by atoms with E-state index in [0.717, 1.165) is 5.56 Å². The van der Waals surface area contributed by atoms with Gasteiger partial charge in [0, 0.05) is 5.92 Å². The molecule has 0 heterocycles. The average molecular weight is 331 g/mol. The number of methoxy groups -OCH3 is 2. The van der Waals surface area contributed by atoms with Crippen LogP contribution in [0.15, 0.2) is 48.5 Å². The lowest BCUT2D eigenvalue weighted by molar-refractivity contribution is 0.107. The third-order valence-electron chi connectivity index (χ3n) is 3.68. The molecule has 0 saturated heterocycles. The zero-order valence-electron chi connectivity index (χ0n) is 13.5. The van der Waals surface area contributed by atoms with Crippen LogP contribution in [0.1, 0.15) is 28.8 Å². The molecule has 4 nitrogen and oxygen atoms in total. The second kappa shape index (κ2) is 7.89. The molecule has 2 rings (SSSR count). The molecule has 0 fully saturated rings. The Hall–Kier alpha value is -2.19. The number of ether oxygens (including phenoxy) is 2. The molecule has 5 heteroatoms. The van der Waals surface area contributed by atoms with Gasteiger partial charge in [0.25, 0.3) is 0 Å². The first-order valence-electron chi connectivity index (χ1n) is 7.33. The molecule has 0 N–H and O–H groups in total. The highest BCUT2D eigenvalue weighted by molar-refractivity contribution is 7.64. The lowest BCUT2D eigenvalue weighted by atomic mass is 10.0. The number of carbonyl (C=O) groups excluding carboxylic acids is 1. The quantitative estimate of drug-likeness (QED) is 0.702. The van der Waals surface area contributed by atoms with Crippen molar-refractivity contribution in [2.24, 2.45) is 0 Å². The van der Waals surface area contributed by atoms with Crippen molar-refractivity contribution in [3.05, 3.63) is 59.7 Å². The zero-order chi connectivity index (χ0) is 16.8. The van der Waals surface area contributed by atoms with Gasteiger partial charge in [-0.15, -0.1) is 0 Å². The van der Waals surface area contributed by atoms with Crippen molar-refractivity contribution >= 4 is 13.3 Å². The van der Waals surface area contributed by atoms with Gasteiger partial charge in [-0.3, -0.25) is 0 Å². The first-order chi connectivity index (χ1) is 11.1. The number of rotatable bonds is 7. The summed E-state index contributed by atoms with van der Waals surface area (Å²) in [4.78, 5) is 12.6. The molecule has 2 unspecified atom stereocenters. The molecule has 2 aromatic carbocycles. The predicted octanol–water partition coefficient (Wildman–Crippen LogP) is 4.48. The largest absolute Gasteiger partial charge is 0.496 e. The maximum Gasteiger partial charge on any atom is 0.421 e. The molecule has 0 saturated carbocycles. The van der Waals surface area contributed by atoms with Crippen molar-refractivity contribution in [1.29, 1.82) is 0 Å². The van der Waals surface area contributed by atoms with E-state index in [-0.39, 0.29) is 11.5 Å². The molecule has 0 aromatic heterocycles. The van der Waals surface area contributed by atoms with E-state index in [4.69, 9.17) is 9.47 Å². The molecule has 2 aromatic rings. The maximum atomic E-state index is 12.6. The minimum Gasteiger partial charge on any atom is -0.496 e. The average Bonchev–Trinajstić information content (AvgIpc) is 2.60. The summed E-state index contributed by atoms with van der Waals surface area (Å²) >= 11 is 0. The fourth-order valence-corrected chi connectivity index (χ4v) is 3.75. The van der Waals surface area contributed by atoms with Gasteiger partial charge in [-0.05, 0) is 17.7 Å². The Morgan fingerprint density at radius 3 is 2.09 bits per heavy atom. The van der Waals surface area contributed by atoms with Crippen LogP contribution in [0.25, 0.3) is 0 Å². The Bertz CT molecular complexity index is 675. The molecule has 23 heavy (non-hydrogen) atoms. The van der Waals surface area contributed by atoms with Crippen molar-refractivity contribution in [2.75, 3.05) is 20.4 Å². The second-order valence-electron chi connectivity index (χ2n) is 5.22. The van der Waals surface area contributed by atoms with Crippen molar-refractivity contribution in [2.45, 2.75) is 12.8 Å². The third kappa shape index (κ3) is 3.96. The van der Waals surface area contributed by atoms with E-state index in [9.17, 15) is 9.36 Å². The SMILES string of the molecule is COc1cccc(OC)c1C(=O)[P+](=O)CC(C)c1ccccc1. The number of benzene rings is 2. The summed E-state index contributed by atoms with van der Waals surface area (Å²) in [5, 5.41) is 0. The summed E-state index contributed by atoms with van der Waals surface area (Å²) in [6.45, 7) is 1.97. The van der Waals surface area contributed by atoms with Crippen LogP contribution in [0.5, 0.6) is 11.5 Å². The lowest BCUT2D eigenvalue weighted by Crippen LogP contribution is -2.05. The molecule has 120 valence electrons. The first kappa shape index (κ1) is 17.2. The standard InChI is InChI=1S/C18H20O4P/c1-13(14-8-5-4-6-9-14)12-23(20)18(19)17-15(21-2)10-7-11-16(17)22-3/h4-11,13H,12H2,1-3H3/q+1. The van der Waals surface area contributed by atoms with Gasteiger partial charge >= 0.3 is 13.3 Å². The monoisotopic (exact) mass is 331 g/mol. The van der Waals surface area contributed by atoms with Gasteiger partial charge in [-0.25, -0.2) is 4.79 Å². The van der Waals surface area contributed by atoms with Crippen LogP contribution in [-0.2, 0) is 4.57 Å². The molecular formula is C18H20O4P+. The van der Waals surface area contributed by atoms with E-state index >= 15 is 0 Å². The first-order valence-corrected chi connectivity index (χ1v) is 8.78. The van der Waals surface area contributed by atoms with Crippen molar-refractivity contribution in [1.82, 2.24) is 0 Å². The van der Waals surface area contributed by atoms with E-state index < -0.39 is 13.3 Å². The minimum absolute atomic E-state index is 0.0319. The van der Waals surface area contributed by atoms with Gasteiger partial charge in [0.05, 0.1) is 14.2 Å². The Morgan fingerprint density at radius 2 is 1.57 bits per heavy atom. The second-order valence-corrected chi connectivity index (χ2v) is 6.74. The molecule has 0 aliphatic rings. The van der Waals surface area contributed by atoms with E-state index in [1.165, 1.54) is 14.2 Å². The minimum atomic E-state index is -2.07. The summed E-state index contributed by atoms with van der Waals surface area (Å²) in [5.41, 5.74) is 0.881. The van der Waals surface area contributed by atoms with Crippen LogP contribution in [-0.4, -0.2) is 25.9 Å². The van der Waals surface area contributed by atoms with E-state index in [2.05, 4.69) is 0 Å². The Kier molecular flexibility index (Phi) is 5.89. The van der Waals surface area contributed by atoms with Crippen LogP contribution < -0.4 is 9.47 Å². The Labute approximate surface area is 137 Å². The van der Waals surface area contributed by atoms with Crippen molar-refractivity contribution in [3.8, 4) is 11.5 Å². The van der Waals surface area contributed by atoms with E-state index in [0.29, 0.717) is 17.7 Å². The van der Waals surface area contributed by atoms with Crippen LogP contribution >= 0.6 is 7.80 Å². The van der Waals surface area contributed by atoms with Gasteiger partial charge in [0.15, 0.2) is 11.7 Å². The van der Waals surface area contributed by atoms with Gasteiger partial charge < -0.3 is 9.47 Å². The molecule has 0 spiro atoms. The lowest BCUT2D eigenvalue weighted by Gasteiger charge is -2.09. The topological polar surface area (TPSA) is 52.6 Å². The molecule has 0 aliphatic heterocycles. The number of carbonyl (C=O) groups is 1. The fraction of sp³-hybridized carbons (Fsp3) is 0.278. The van der Waals surface area contributed by atoms with Gasteiger partial charge in [-0.1, -0.05) is 47.9 Å². The number of hydrogen-bond acceptors (Lipinski definition) is 4. The highest BCUT2D eigenvalue weighted by Crippen LogP contribution is 2.39. The molecule has 2 atom stereocenters. The normalized spacial score (nSPS) is 12.4. The highest BCUT2D eigenvalue weighted by Gasteiger charge is 2.36. The van der Waals surface area contributed by atoms with E-state index in [1.54, 1.807) is 18.2 Å². The smallest absolute Gasteiger partial charge is 0.421 e. The third-order valence-corrected chi connectivity index (χ3v) is 5.23. The van der Waals surface area contributed by atoms with Crippen molar-refractivity contribution in [3.63, 3.8) is 0 Å². The van der Waals surface area contributed by atoms with Gasteiger partial charge in [0.2, 0.25) is 0 Å². The van der Waals surface area contributed by atoms with Crippen LogP contribution in [0.3, 0.4) is 0 Å².